The van der Waals surface area contributed by atoms with Gasteiger partial charge in [-0.1, -0.05) is 41.8 Å². The lowest BCUT2D eigenvalue weighted by Crippen LogP contribution is -2.22. The highest BCUT2D eigenvalue weighted by molar-refractivity contribution is 9.10. The summed E-state index contributed by atoms with van der Waals surface area (Å²) in [5.74, 6) is -1.52. The van der Waals surface area contributed by atoms with E-state index < -0.39 is 16.7 Å². The summed E-state index contributed by atoms with van der Waals surface area (Å²) in [5.41, 5.74) is 8.37. The molecule has 4 N–H and O–H groups in total. The first kappa shape index (κ1) is 38.3. The molecule has 1 aliphatic rings. The number of aromatic nitrogens is 2. The number of hydrogen-bond acceptors (Lipinski definition) is 7. The van der Waals surface area contributed by atoms with Crippen LogP contribution >= 0.6 is 39.1 Å². The van der Waals surface area contributed by atoms with E-state index in [0.29, 0.717) is 36.0 Å². The Hall–Kier alpha value is -2.93. The van der Waals surface area contributed by atoms with E-state index in [1.165, 1.54) is 18.7 Å². The Bertz CT molecular complexity index is 1580. The number of amides is 1. The highest BCUT2D eigenvalue weighted by Gasteiger charge is 2.29. The number of carbonyl (C=O) groups is 1. The largest absolute Gasteiger partial charge is 0.490 e. The average molecular weight is 730 g/mol. The van der Waals surface area contributed by atoms with Crippen molar-refractivity contribution in [2.45, 2.75) is 32.1 Å². The minimum Gasteiger partial charge on any atom is -0.490 e. The molecule has 0 aliphatic carbocycles. The smallest absolute Gasteiger partial charge is 0.207 e. The third-order valence-corrected chi connectivity index (χ3v) is 8.01. The number of benzene rings is 2. The lowest BCUT2D eigenvalue weighted by molar-refractivity contribution is -0.109. The molecular formula is C32H37BrCl2F2N4O4. The second-order valence-corrected chi connectivity index (χ2v) is 11.4. The van der Waals surface area contributed by atoms with Crippen molar-refractivity contribution in [2.24, 2.45) is 5.73 Å². The van der Waals surface area contributed by atoms with Crippen LogP contribution in [0.5, 0.6) is 5.75 Å². The molecule has 1 amide bonds. The molecule has 4 aromatic rings. The minimum absolute atomic E-state index is 0.0414. The van der Waals surface area contributed by atoms with Gasteiger partial charge in [-0.2, -0.15) is 0 Å². The first-order valence-electron chi connectivity index (χ1n) is 13.9. The Morgan fingerprint density at radius 3 is 2.51 bits per heavy atom. The zero-order valence-electron chi connectivity index (χ0n) is 25.6. The van der Waals surface area contributed by atoms with Gasteiger partial charge < -0.3 is 25.6 Å². The maximum Gasteiger partial charge on any atom is 0.207 e. The topological polar surface area (TPSA) is 120 Å². The molecule has 2 unspecified atom stereocenters. The van der Waals surface area contributed by atoms with Crippen LogP contribution in [-0.4, -0.2) is 62.5 Å². The fraction of sp³-hybridized carbons (Fsp3) is 0.344. The van der Waals surface area contributed by atoms with Gasteiger partial charge in [0.1, 0.15) is 27.4 Å². The number of methoxy groups -OCH3 is 1. The van der Waals surface area contributed by atoms with Gasteiger partial charge in [-0.05, 0) is 72.7 Å². The van der Waals surface area contributed by atoms with Crippen LogP contribution in [0.15, 0.2) is 46.9 Å². The van der Waals surface area contributed by atoms with Crippen LogP contribution in [0, 0.1) is 18.6 Å². The quantitative estimate of drug-likeness (QED) is 0.105. The minimum atomic E-state index is -0.906. The number of nitrogens with two attached hydrogens (primary N) is 1. The van der Waals surface area contributed by atoms with Crippen LogP contribution in [0.4, 0.5) is 8.78 Å². The number of aliphatic hydroxyl groups is 1. The molecule has 0 radical (unpaired) electrons. The van der Waals surface area contributed by atoms with Crippen molar-refractivity contribution in [1.82, 2.24) is 15.3 Å². The van der Waals surface area contributed by atoms with Crippen LogP contribution in [0.25, 0.3) is 22.2 Å². The first-order chi connectivity index (χ1) is 21.6. The van der Waals surface area contributed by atoms with Gasteiger partial charge in [0.05, 0.1) is 16.6 Å². The standard InChI is InChI=1S/C19H19ClF2N2O3.C10H7BrClN.C2H6O.CH5N/c1-10-8-27-19-13(10)6-15(11(4-5-25)7-23-9-26)24-18(19)12-2-3-14(21)16(20)17(12)22;1-6-2-3-9-7(4-6)5-8(11)10(12)13-9;1-3-2;1-2/h2-3,6,9-11,25H,4-5,7-8H2,1H3,(H,23,26);2-5H,1H3;1-2H3;2H2,1H3. The van der Waals surface area contributed by atoms with Gasteiger partial charge in [0.25, 0.3) is 0 Å². The number of halogens is 5. The number of rotatable bonds is 7. The summed E-state index contributed by atoms with van der Waals surface area (Å²) < 4.78 is 39.0. The van der Waals surface area contributed by atoms with E-state index >= 15 is 0 Å². The van der Waals surface area contributed by atoms with Crippen molar-refractivity contribution in [3.05, 3.63) is 85.6 Å². The number of nitrogens with zero attached hydrogens (tertiary/aromatic N) is 2. The van der Waals surface area contributed by atoms with E-state index in [9.17, 15) is 18.7 Å². The van der Waals surface area contributed by atoms with Crippen molar-refractivity contribution in [3.63, 3.8) is 0 Å². The molecule has 3 heterocycles. The predicted octanol–water partition coefficient (Wildman–Crippen LogP) is 7.18. The van der Waals surface area contributed by atoms with Crippen LogP contribution in [0.1, 0.15) is 42.0 Å². The highest BCUT2D eigenvalue weighted by atomic mass is 79.9. The number of ether oxygens (including phenoxy) is 2. The summed E-state index contributed by atoms with van der Waals surface area (Å²) in [7, 11) is 4.75. The van der Waals surface area contributed by atoms with Gasteiger partial charge in [0.2, 0.25) is 6.41 Å². The van der Waals surface area contributed by atoms with Gasteiger partial charge in [0.15, 0.2) is 5.82 Å². The molecule has 8 nitrogen and oxygen atoms in total. The first-order valence-corrected chi connectivity index (χ1v) is 15.4. The molecule has 5 rings (SSSR count). The van der Waals surface area contributed by atoms with E-state index in [-0.39, 0.29) is 36.2 Å². The van der Waals surface area contributed by atoms with Crippen molar-refractivity contribution < 1.29 is 28.2 Å². The van der Waals surface area contributed by atoms with E-state index in [1.54, 1.807) is 14.2 Å². The van der Waals surface area contributed by atoms with Crippen LogP contribution in [-0.2, 0) is 9.53 Å². The van der Waals surface area contributed by atoms with Crippen molar-refractivity contribution >= 4 is 56.4 Å². The number of pyridine rings is 2. The second kappa shape index (κ2) is 18.9. The van der Waals surface area contributed by atoms with Gasteiger partial charge in [0, 0.05) is 61.4 Å². The predicted molar refractivity (Wildman–Crippen MR) is 179 cm³/mol. The van der Waals surface area contributed by atoms with Crippen LogP contribution < -0.4 is 15.8 Å². The molecule has 244 valence electrons. The third-order valence-electron chi connectivity index (χ3n) is 6.54. The van der Waals surface area contributed by atoms with Crippen molar-refractivity contribution in [2.75, 3.05) is 41.0 Å². The number of fused-ring (bicyclic) bond motifs is 2. The van der Waals surface area contributed by atoms with E-state index in [4.69, 9.17) is 27.9 Å². The van der Waals surface area contributed by atoms with Gasteiger partial charge in [-0.25, -0.2) is 18.7 Å². The highest BCUT2D eigenvalue weighted by Crippen LogP contribution is 2.43. The molecule has 0 saturated heterocycles. The molecule has 2 aromatic heterocycles. The van der Waals surface area contributed by atoms with Crippen LogP contribution in [0.2, 0.25) is 10.2 Å². The fourth-order valence-electron chi connectivity index (χ4n) is 4.44. The molecule has 13 heteroatoms. The van der Waals surface area contributed by atoms with Gasteiger partial charge in [-0.15, -0.1) is 0 Å². The number of aliphatic hydroxyl groups excluding tert-OH is 1. The Morgan fingerprint density at radius 1 is 1.18 bits per heavy atom. The lowest BCUT2D eigenvalue weighted by atomic mass is 9.94. The molecule has 45 heavy (non-hydrogen) atoms. The number of nitrogens with one attached hydrogen (secondary N) is 1. The third kappa shape index (κ3) is 10.0. The number of aryl methyl sites for hydroxylation is 1. The summed E-state index contributed by atoms with van der Waals surface area (Å²) in [6.07, 6.45) is 0.942. The lowest BCUT2D eigenvalue weighted by Gasteiger charge is -2.18. The number of carbonyl (C=O) groups excluding carboxylic acids is 1. The zero-order chi connectivity index (χ0) is 33.7. The molecule has 0 spiro atoms. The van der Waals surface area contributed by atoms with Crippen molar-refractivity contribution in [3.8, 4) is 17.0 Å². The SMILES string of the molecule is CC1COc2c1cc(C(CCO)CNC=O)nc2-c1ccc(F)c(Cl)c1F.CN.COC.Cc1ccc2nc(Cl)c(Br)cc2c1. The maximum absolute atomic E-state index is 14.6. The monoisotopic (exact) mass is 728 g/mol. The normalized spacial score (nSPS) is 13.6. The summed E-state index contributed by atoms with van der Waals surface area (Å²) in [4.78, 5) is 19.4. The van der Waals surface area contributed by atoms with E-state index in [0.717, 1.165) is 27.0 Å². The Kier molecular flexibility index (Phi) is 16.1. The Balaban J connectivity index is 0.000000325. The molecule has 2 aromatic carbocycles. The van der Waals surface area contributed by atoms with E-state index in [1.807, 2.05) is 31.2 Å². The Morgan fingerprint density at radius 2 is 1.87 bits per heavy atom. The summed E-state index contributed by atoms with van der Waals surface area (Å²) >= 11 is 14.9. The fourth-order valence-corrected chi connectivity index (χ4v) is 5.08. The molecular weight excluding hydrogens is 693 g/mol. The Labute approximate surface area is 280 Å². The molecule has 0 saturated carbocycles. The second-order valence-electron chi connectivity index (χ2n) is 9.85. The van der Waals surface area contributed by atoms with Crippen molar-refractivity contribution in [1.29, 1.82) is 0 Å². The zero-order valence-corrected chi connectivity index (χ0v) is 28.7. The number of hydrogen-bond donors (Lipinski definition) is 3. The maximum atomic E-state index is 14.6. The van der Waals surface area contributed by atoms with E-state index in [2.05, 4.69) is 54.7 Å². The van der Waals surface area contributed by atoms with Gasteiger partial charge >= 0.3 is 0 Å². The molecule has 2 atom stereocenters. The van der Waals surface area contributed by atoms with Crippen LogP contribution in [0.3, 0.4) is 0 Å². The summed E-state index contributed by atoms with van der Waals surface area (Å²) in [6.45, 7) is 4.63. The molecule has 1 aliphatic heterocycles. The average Bonchev–Trinajstić information content (AvgIpc) is 3.40. The summed E-state index contributed by atoms with van der Waals surface area (Å²) in [6, 6.07) is 12.3. The summed E-state index contributed by atoms with van der Waals surface area (Å²) in [5, 5.41) is 13.0. The van der Waals surface area contributed by atoms with Gasteiger partial charge in [-0.3, -0.25) is 4.79 Å². The molecule has 0 bridgehead atoms. The molecule has 0 fully saturated rings.